The molecule has 0 aliphatic carbocycles. The van der Waals surface area contributed by atoms with Gasteiger partial charge >= 0.3 is 0 Å². The molecular weight excluding hydrogens is 210 g/mol. The van der Waals surface area contributed by atoms with Gasteiger partial charge in [-0.2, -0.15) is 0 Å². The van der Waals surface area contributed by atoms with Crippen molar-refractivity contribution >= 4 is 16.9 Å². The number of carbonyl (C=O) groups excluding carboxylic acids is 1. The number of fused-ring (bicyclic) bond motifs is 1. The predicted molar refractivity (Wildman–Crippen MR) is 56.4 cm³/mol. The zero-order chi connectivity index (χ0) is 11.7. The summed E-state index contributed by atoms with van der Waals surface area (Å²) in [5.74, 6) is -0.792. The van der Waals surface area contributed by atoms with E-state index >= 15 is 0 Å². The molecular formula is C11H9NO4. The highest BCUT2D eigenvalue weighted by Crippen LogP contribution is 2.10. The molecule has 0 aliphatic rings. The lowest BCUT2D eigenvalue weighted by atomic mass is 10.1. The Bertz CT molecular complexity index is 600. The van der Waals surface area contributed by atoms with E-state index in [2.05, 4.69) is 0 Å². The van der Waals surface area contributed by atoms with Gasteiger partial charge in [0.25, 0.3) is 5.91 Å². The largest absolute Gasteiger partial charge is 0.463 e. The van der Waals surface area contributed by atoms with Crippen LogP contribution in [0.1, 0.15) is 10.4 Å². The van der Waals surface area contributed by atoms with E-state index in [1.165, 1.54) is 0 Å². The van der Waals surface area contributed by atoms with E-state index in [0.29, 0.717) is 16.0 Å². The summed E-state index contributed by atoms with van der Waals surface area (Å²) in [7, 11) is 1.15. The first-order chi connectivity index (χ1) is 7.61. The van der Waals surface area contributed by atoms with Crippen molar-refractivity contribution in [3.05, 3.63) is 46.3 Å². The first kappa shape index (κ1) is 10.4. The number of carbonyl (C=O) groups is 1. The van der Waals surface area contributed by atoms with Gasteiger partial charge in [-0.3, -0.25) is 14.8 Å². The Morgan fingerprint density at radius 2 is 2.06 bits per heavy atom. The average molecular weight is 219 g/mol. The van der Waals surface area contributed by atoms with Gasteiger partial charge in [0.2, 0.25) is 5.43 Å². The second kappa shape index (κ2) is 3.79. The highest BCUT2D eigenvalue weighted by atomic mass is 16.5. The molecule has 0 saturated carbocycles. The lowest BCUT2D eigenvalue weighted by molar-refractivity contribution is -0.0377. The number of amides is 1. The Kier molecular flexibility index (Phi) is 2.46. The topological polar surface area (TPSA) is 70.8 Å². The molecule has 2 aromatic rings. The van der Waals surface area contributed by atoms with Crippen LogP contribution in [0.5, 0.6) is 0 Å². The summed E-state index contributed by atoms with van der Waals surface area (Å²) in [5.41, 5.74) is -0.235. The number of hydrogen-bond acceptors (Lipinski definition) is 4. The molecule has 0 spiro atoms. The van der Waals surface area contributed by atoms with E-state index < -0.39 is 11.3 Å². The van der Waals surface area contributed by atoms with Crippen LogP contribution in [-0.4, -0.2) is 23.2 Å². The molecule has 1 N–H and O–H groups in total. The molecule has 1 amide bonds. The first-order valence-corrected chi connectivity index (χ1v) is 4.58. The van der Waals surface area contributed by atoms with E-state index in [1.807, 2.05) is 0 Å². The summed E-state index contributed by atoms with van der Waals surface area (Å²) in [4.78, 5) is 23.3. The van der Waals surface area contributed by atoms with Gasteiger partial charge in [0, 0.05) is 7.05 Å². The van der Waals surface area contributed by atoms with Crippen molar-refractivity contribution in [3.63, 3.8) is 0 Å². The fourth-order valence-electron chi connectivity index (χ4n) is 1.40. The van der Waals surface area contributed by atoms with Crippen molar-refractivity contribution in [2.45, 2.75) is 0 Å². The van der Waals surface area contributed by atoms with Crippen molar-refractivity contribution < 1.29 is 14.4 Å². The quantitative estimate of drug-likeness (QED) is 0.578. The Balaban J connectivity index is 2.71. The summed E-state index contributed by atoms with van der Waals surface area (Å²) in [6, 6.07) is 6.60. The van der Waals surface area contributed by atoms with E-state index in [-0.39, 0.29) is 5.56 Å². The minimum atomic E-state index is -0.792. The van der Waals surface area contributed by atoms with Gasteiger partial charge in [-0.15, -0.1) is 0 Å². The SMILES string of the molecule is CN(O)C(=O)c1coc2ccccc2c1=O. The van der Waals surface area contributed by atoms with Crippen molar-refractivity contribution in [2.75, 3.05) is 7.05 Å². The van der Waals surface area contributed by atoms with Gasteiger partial charge in [0.15, 0.2) is 0 Å². The molecule has 1 aromatic heterocycles. The van der Waals surface area contributed by atoms with Crippen LogP contribution in [-0.2, 0) is 0 Å². The van der Waals surface area contributed by atoms with Crippen LogP contribution in [0.15, 0.2) is 39.7 Å². The van der Waals surface area contributed by atoms with E-state index in [9.17, 15) is 9.59 Å². The van der Waals surface area contributed by atoms with Crippen LogP contribution in [0.3, 0.4) is 0 Å². The first-order valence-electron chi connectivity index (χ1n) is 4.58. The highest BCUT2D eigenvalue weighted by molar-refractivity contribution is 5.95. The molecule has 16 heavy (non-hydrogen) atoms. The maximum atomic E-state index is 11.9. The molecule has 82 valence electrons. The Morgan fingerprint density at radius 1 is 1.38 bits per heavy atom. The maximum Gasteiger partial charge on any atom is 0.284 e. The average Bonchev–Trinajstić information content (AvgIpc) is 2.29. The highest BCUT2D eigenvalue weighted by Gasteiger charge is 2.16. The van der Waals surface area contributed by atoms with Gasteiger partial charge in [-0.05, 0) is 12.1 Å². The number of hydrogen-bond donors (Lipinski definition) is 1. The molecule has 5 heteroatoms. The summed E-state index contributed by atoms with van der Waals surface area (Å²) in [6.07, 6.45) is 1.06. The smallest absolute Gasteiger partial charge is 0.284 e. The molecule has 0 fully saturated rings. The van der Waals surface area contributed by atoms with Gasteiger partial charge in [0.05, 0.1) is 5.39 Å². The lowest BCUT2D eigenvalue weighted by Crippen LogP contribution is -2.27. The number of rotatable bonds is 1. The van der Waals surface area contributed by atoms with Crippen molar-refractivity contribution in [1.82, 2.24) is 5.06 Å². The van der Waals surface area contributed by atoms with Crippen LogP contribution < -0.4 is 5.43 Å². The second-order valence-electron chi connectivity index (χ2n) is 3.30. The molecule has 1 aromatic carbocycles. The molecule has 0 bridgehead atoms. The summed E-state index contributed by atoms with van der Waals surface area (Å²) >= 11 is 0. The van der Waals surface area contributed by atoms with Gasteiger partial charge in [-0.25, -0.2) is 5.06 Å². The molecule has 2 rings (SSSR count). The third kappa shape index (κ3) is 1.57. The third-order valence-electron chi connectivity index (χ3n) is 2.20. The number of benzene rings is 1. The van der Waals surface area contributed by atoms with Gasteiger partial charge in [-0.1, -0.05) is 12.1 Å². The number of para-hydroxylation sites is 1. The van der Waals surface area contributed by atoms with Crippen LogP contribution in [0, 0.1) is 0 Å². The molecule has 5 nitrogen and oxygen atoms in total. The van der Waals surface area contributed by atoms with E-state index in [1.54, 1.807) is 24.3 Å². The maximum absolute atomic E-state index is 11.9. The van der Waals surface area contributed by atoms with E-state index in [0.717, 1.165) is 13.3 Å². The lowest BCUT2D eigenvalue weighted by Gasteiger charge is -2.07. The molecule has 0 aliphatic heterocycles. The number of hydroxylamine groups is 2. The summed E-state index contributed by atoms with van der Waals surface area (Å²) < 4.78 is 5.14. The van der Waals surface area contributed by atoms with Crippen LogP contribution in [0.25, 0.3) is 11.0 Å². The Labute approximate surface area is 90.5 Å². The Morgan fingerprint density at radius 3 is 2.75 bits per heavy atom. The Hall–Kier alpha value is -2.14. The van der Waals surface area contributed by atoms with Crippen LogP contribution >= 0.6 is 0 Å². The zero-order valence-corrected chi connectivity index (χ0v) is 8.51. The monoisotopic (exact) mass is 219 g/mol. The van der Waals surface area contributed by atoms with Crippen molar-refractivity contribution in [2.24, 2.45) is 0 Å². The molecule has 0 atom stereocenters. The van der Waals surface area contributed by atoms with E-state index in [4.69, 9.17) is 9.62 Å². The standard InChI is InChI=1S/C11H9NO4/c1-12(15)11(14)8-6-16-9-5-3-2-4-7(9)10(8)13/h2-6,15H,1H3. The van der Waals surface area contributed by atoms with Crippen molar-refractivity contribution in [3.8, 4) is 0 Å². The number of nitrogens with zero attached hydrogens (tertiary/aromatic N) is 1. The van der Waals surface area contributed by atoms with Crippen molar-refractivity contribution in [1.29, 1.82) is 0 Å². The predicted octanol–water partition coefficient (Wildman–Crippen LogP) is 1.25. The minimum Gasteiger partial charge on any atom is -0.463 e. The summed E-state index contributed by atoms with van der Waals surface area (Å²) in [5, 5.41) is 9.64. The second-order valence-corrected chi connectivity index (χ2v) is 3.30. The fraction of sp³-hybridized carbons (Fsp3) is 0.0909. The molecule has 0 unspecified atom stereocenters. The normalized spacial score (nSPS) is 10.4. The van der Waals surface area contributed by atoms with Crippen LogP contribution in [0.4, 0.5) is 0 Å². The van der Waals surface area contributed by atoms with Gasteiger partial charge < -0.3 is 4.42 Å². The van der Waals surface area contributed by atoms with Crippen LogP contribution in [0.2, 0.25) is 0 Å². The molecule has 1 heterocycles. The molecule has 0 radical (unpaired) electrons. The minimum absolute atomic E-state index is 0.191. The van der Waals surface area contributed by atoms with Gasteiger partial charge in [0.1, 0.15) is 17.4 Å². The third-order valence-corrected chi connectivity index (χ3v) is 2.20. The molecule has 0 saturated heterocycles. The summed E-state index contributed by atoms with van der Waals surface area (Å²) in [6.45, 7) is 0. The zero-order valence-electron chi connectivity index (χ0n) is 8.51. The fourth-order valence-corrected chi connectivity index (χ4v) is 1.40.